The van der Waals surface area contributed by atoms with Crippen molar-refractivity contribution in [1.29, 1.82) is 0 Å². The van der Waals surface area contributed by atoms with Crippen LogP contribution < -0.4 is 5.32 Å². The van der Waals surface area contributed by atoms with Gasteiger partial charge in [0.2, 0.25) is 11.8 Å². The molecule has 0 aromatic carbocycles. The minimum absolute atomic E-state index is 0.115. The molecule has 2 saturated heterocycles. The Bertz CT molecular complexity index is 414. The number of amides is 2. The summed E-state index contributed by atoms with van der Waals surface area (Å²) in [5, 5.41) is 3.11. The van der Waals surface area contributed by atoms with E-state index in [0.29, 0.717) is 13.1 Å². The first-order chi connectivity index (χ1) is 9.80. The predicted octanol–water partition coefficient (Wildman–Crippen LogP) is 0.608. The van der Waals surface area contributed by atoms with Crippen LogP contribution in [0.2, 0.25) is 0 Å². The zero-order valence-electron chi connectivity index (χ0n) is 11.9. The van der Waals surface area contributed by atoms with E-state index in [1.807, 2.05) is 7.05 Å². The van der Waals surface area contributed by atoms with Crippen LogP contribution in [0, 0.1) is 5.92 Å². The number of likely N-dealkylation sites (N-methyl/N-ethyl adjacent to an activating group) is 1. The molecule has 0 radical (unpaired) electrons. The van der Waals surface area contributed by atoms with Crippen LogP contribution in [0.3, 0.4) is 0 Å². The van der Waals surface area contributed by atoms with Crippen molar-refractivity contribution in [2.75, 3.05) is 33.2 Å². The summed E-state index contributed by atoms with van der Waals surface area (Å²) in [5.41, 5.74) is 0. The highest BCUT2D eigenvalue weighted by molar-refractivity contribution is 5.89. The number of hydrogen-bond acceptors (Lipinski definition) is 3. The SMILES string of the molecule is CN[C@@H]1CCCN(C(=O)[C@H]2CC(=O)N(CC(F)(F)F)C2)C1. The zero-order chi connectivity index (χ0) is 15.6. The van der Waals surface area contributed by atoms with Gasteiger partial charge in [-0.2, -0.15) is 13.2 Å². The molecule has 2 amide bonds. The highest BCUT2D eigenvalue weighted by Gasteiger charge is 2.42. The molecule has 2 fully saturated rings. The van der Waals surface area contributed by atoms with E-state index in [4.69, 9.17) is 0 Å². The number of nitrogens with one attached hydrogen (secondary N) is 1. The van der Waals surface area contributed by atoms with Crippen molar-refractivity contribution in [2.24, 2.45) is 5.92 Å². The summed E-state index contributed by atoms with van der Waals surface area (Å²) in [6, 6.07) is 0.214. The van der Waals surface area contributed by atoms with E-state index in [1.54, 1.807) is 4.90 Å². The van der Waals surface area contributed by atoms with Gasteiger partial charge >= 0.3 is 6.18 Å². The number of halogens is 3. The van der Waals surface area contributed by atoms with Gasteiger partial charge in [0.15, 0.2) is 0 Å². The van der Waals surface area contributed by atoms with Gasteiger partial charge in [-0.05, 0) is 19.9 Å². The molecule has 120 valence electrons. The monoisotopic (exact) mass is 307 g/mol. The largest absolute Gasteiger partial charge is 0.406 e. The third-order valence-electron chi connectivity index (χ3n) is 4.08. The lowest BCUT2D eigenvalue weighted by Crippen LogP contribution is -2.49. The lowest BCUT2D eigenvalue weighted by atomic mass is 10.0. The smallest absolute Gasteiger partial charge is 0.341 e. The van der Waals surface area contributed by atoms with Crippen LogP contribution in [-0.4, -0.2) is 67.1 Å². The lowest BCUT2D eigenvalue weighted by Gasteiger charge is -2.34. The number of carbonyl (C=O) groups is 2. The fourth-order valence-corrected chi connectivity index (χ4v) is 2.98. The topological polar surface area (TPSA) is 52.7 Å². The Labute approximate surface area is 121 Å². The highest BCUT2D eigenvalue weighted by atomic mass is 19.4. The molecule has 0 aromatic rings. The molecule has 2 atom stereocenters. The Morgan fingerprint density at radius 3 is 2.71 bits per heavy atom. The second-order valence-electron chi connectivity index (χ2n) is 5.70. The molecule has 0 bridgehead atoms. The Morgan fingerprint density at radius 1 is 1.38 bits per heavy atom. The van der Waals surface area contributed by atoms with Gasteiger partial charge in [-0.15, -0.1) is 0 Å². The van der Waals surface area contributed by atoms with Crippen LogP contribution in [0.1, 0.15) is 19.3 Å². The molecule has 2 rings (SSSR count). The van der Waals surface area contributed by atoms with Crippen molar-refractivity contribution in [3.63, 3.8) is 0 Å². The van der Waals surface area contributed by atoms with Crippen molar-refractivity contribution in [3.8, 4) is 0 Å². The quantitative estimate of drug-likeness (QED) is 0.831. The van der Waals surface area contributed by atoms with Gasteiger partial charge in [0, 0.05) is 32.1 Å². The summed E-state index contributed by atoms with van der Waals surface area (Å²) in [4.78, 5) is 26.4. The molecule has 0 unspecified atom stereocenters. The zero-order valence-corrected chi connectivity index (χ0v) is 11.9. The average molecular weight is 307 g/mol. The van der Waals surface area contributed by atoms with Gasteiger partial charge < -0.3 is 15.1 Å². The third kappa shape index (κ3) is 4.09. The lowest BCUT2D eigenvalue weighted by molar-refractivity contribution is -0.157. The molecule has 2 aliphatic heterocycles. The minimum Gasteiger partial charge on any atom is -0.341 e. The standard InChI is InChI=1S/C13H20F3N3O2/c1-17-10-3-2-4-18(7-10)12(21)9-5-11(20)19(6-9)8-13(14,15)16/h9-10,17H,2-8H2,1H3/t9-,10+/m0/s1. The molecular weight excluding hydrogens is 287 g/mol. The molecule has 21 heavy (non-hydrogen) atoms. The molecule has 5 nitrogen and oxygen atoms in total. The van der Waals surface area contributed by atoms with E-state index < -0.39 is 24.5 Å². The second kappa shape index (κ2) is 6.21. The van der Waals surface area contributed by atoms with Gasteiger partial charge in [0.05, 0.1) is 5.92 Å². The number of nitrogens with zero attached hydrogens (tertiary/aromatic N) is 2. The van der Waals surface area contributed by atoms with Gasteiger partial charge in [-0.25, -0.2) is 0 Å². The van der Waals surface area contributed by atoms with E-state index in [-0.39, 0.29) is 24.9 Å². The first-order valence-corrected chi connectivity index (χ1v) is 7.10. The summed E-state index contributed by atoms with van der Waals surface area (Å²) < 4.78 is 37.1. The van der Waals surface area contributed by atoms with Crippen molar-refractivity contribution in [1.82, 2.24) is 15.1 Å². The first kappa shape index (κ1) is 16.1. The maximum Gasteiger partial charge on any atom is 0.406 e. The molecule has 2 heterocycles. The summed E-state index contributed by atoms with van der Waals surface area (Å²) in [6.07, 6.45) is -2.69. The molecule has 8 heteroatoms. The number of rotatable bonds is 3. The number of carbonyl (C=O) groups excluding carboxylic acids is 2. The fourth-order valence-electron chi connectivity index (χ4n) is 2.98. The van der Waals surface area contributed by atoms with Crippen LogP contribution in [0.25, 0.3) is 0 Å². The van der Waals surface area contributed by atoms with E-state index in [0.717, 1.165) is 17.7 Å². The molecule has 0 aliphatic carbocycles. The third-order valence-corrected chi connectivity index (χ3v) is 4.08. The van der Waals surface area contributed by atoms with Crippen LogP contribution in [0.15, 0.2) is 0 Å². The minimum atomic E-state index is -4.42. The van der Waals surface area contributed by atoms with Gasteiger partial charge in [0.1, 0.15) is 6.54 Å². The molecule has 0 saturated carbocycles. The Morgan fingerprint density at radius 2 is 2.10 bits per heavy atom. The number of piperidine rings is 1. The maximum atomic E-state index is 12.4. The maximum absolute atomic E-state index is 12.4. The van der Waals surface area contributed by atoms with E-state index >= 15 is 0 Å². The summed E-state index contributed by atoms with van der Waals surface area (Å²) in [7, 11) is 1.82. The van der Waals surface area contributed by atoms with Gasteiger partial charge in [-0.1, -0.05) is 0 Å². The van der Waals surface area contributed by atoms with E-state index in [1.165, 1.54) is 0 Å². The van der Waals surface area contributed by atoms with E-state index in [2.05, 4.69) is 5.32 Å². The first-order valence-electron chi connectivity index (χ1n) is 7.10. The second-order valence-corrected chi connectivity index (χ2v) is 5.70. The van der Waals surface area contributed by atoms with Crippen molar-refractivity contribution < 1.29 is 22.8 Å². The molecule has 0 aromatic heterocycles. The van der Waals surface area contributed by atoms with Gasteiger partial charge in [0.25, 0.3) is 0 Å². The van der Waals surface area contributed by atoms with Crippen LogP contribution in [0.5, 0.6) is 0 Å². The molecule has 0 spiro atoms. The highest BCUT2D eigenvalue weighted by Crippen LogP contribution is 2.26. The average Bonchev–Trinajstić information content (AvgIpc) is 2.77. The van der Waals surface area contributed by atoms with Crippen LogP contribution in [-0.2, 0) is 9.59 Å². The van der Waals surface area contributed by atoms with Crippen LogP contribution >= 0.6 is 0 Å². The number of alkyl halides is 3. The normalized spacial score (nSPS) is 27.3. The summed E-state index contributed by atoms with van der Waals surface area (Å²) >= 11 is 0. The van der Waals surface area contributed by atoms with Gasteiger partial charge in [-0.3, -0.25) is 9.59 Å². The van der Waals surface area contributed by atoms with Crippen LogP contribution in [0.4, 0.5) is 13.2 Å². The van der Waals surface area contributed by atoms with Crippen molar-refractivity contribution >= 4 is 11.8 Å². The van der Waals surface area contributed by atoms with E-state index in [9.17, 15) is 22.8 Å². The summed E-state index contributed by atoms with van der Waals surface area (Å²) in [6.45, 7) is -0.229. The molecular formula is C13H20F3N3O2. The predicted molar refractivity (Wildman–Crippen MR) is 69.4 cm³/mol. The fraction of sp³-hybridized carbons (Fsp3) is 0.846. The number of hydrogen-bond donors (Lipinski definition) is 1. The molecule has 2 aliphatic rings. The summed E-state index contributed by atoms with van der Waals surface area (Å²) in [5.74, 6) is -1.43. The Balaban J connectivity index is 1.93. The number of likely N-dealkylation sites (tertiary alicyclic amines) is 2. The van der Waals surface area contributed by atoms with Crippen molar-refractivity contribution in [2.45, 2.75) is 31.5 Å². The Kier molecular flexibility index (Phi) is 4.75. The molecule has 1 N–H and O–H groups in total. The van der Waals surface area contributed by atoms with Crippen molar-refractivity contribution in [3.05, 3.63) is 0 Å². The Hall–Kier alpha value is -1.31.